The summed E-state index contributed by atoms with van der Waals surface area (Å²) in [6.07, 6.45) is 0. The number of nitrogens with zero attached hydrogens (tertiary/aromatic N) is 2. The van der Waals surface area contributed by atoms with Gasteiger partial charge in [0.15, 0.2) is 0 Å². The molecule has 0 radical (unpaired) electrons. The van der Waals surface area contributed by atoms with Crippen LogP contribution in [0.1, 0.15) is 5.56 Å². The summed E-state index contributed by atoms with van der Waals surface area (Å²) in [5, 5.41) is 4.16. The van der Waals surface area contributed by atoms with Crippen molar-refractivity contribution < 1.29 is 8.42 Å². The summed E-state index contributed by atoms with van der Waals surface area (Å²) in [6, 6.07) is 27.4. The van der Waals surface area contributed by atoms with Gasteiger partial charge in [-0.15, -0.1) is 0 Å². The first kappa shape index (κ1) is 20.5. The van der Waals surface area contributed by atoms with Crippen LogP contribution in [0.5, 0.6) is 0 Å². The van der Waals surface area contributed by atoms with Crippen molar-refractivity contribution in [1.82, 2.24) is 9.21 Å². The van der Waals surface area contributed by atoms with Crippen molar-refractivity contribution in [3.05, 3.63) is 90.5 Å². The zero-order chi connectivity index (χ0) is 21.1. The molecule has 0 spiro atoms. The molecule has 30 heavy (non-hydrogen) atoms. The summed E-state index contributed by atoms with van der Waals surface area (Å²) in [5.74, 6) is 0. The quantitative estimate of drug-likeness (QED) is 0.435. The fraction of sp³-hybridized carbons (Fsp3) is 0.200. The van der Waals surface area contributed by atoms with E-state index < -0.39 is 10.0 Å². The molecule has 0 bridgehead atoms. The Hall–Kier alpha value is -2.73. The molecule has 0 atom stereocenters. The molecule has 4 nitrogen and oxygen atoms in total. The molecule has 0 N–H and O–H groups in total. The second-order valence-electron chi connectivity index (χ2n) is 7.79. The van der Waals surface area contributed by atoms with Crippen LogP contribution in [-0.4, -0.2) is 44.8 Å². The minimum atomic E-state index is -3.65. The molecular formula is C25H26N2O2S. The highest BCUT2D eigenvalue weighted by atomic mass is 32.2. The predicted molar refractivity (Wildman–Crippen MR) is 124 cm³/mol. The average molecular weight is 419 g/mol. The number of benzene rings is 4. The molecule has 0 saturated heterocycles. The second kappa shape index (κ2) is 8.56. The van der Waals surface area contributed by atoms with Crippen LogP contribution in [0.2, 0.25) is 0 Å². The van der Waals surface area contributed by atoms with Crippen LogP contribution in [-0.2, 0) is 16.6 Å². The van der Waals surface area contributed by atoms with Crippen molar-refractivity contribution in [3.8, 4) is 0 Å². The fourth-order valence-electron chi connectivity index (χ4n) is 3.69. The van der Waals surface area contributed by atoms with Gasteiger partial charge in [0.05, 0.1) is 4.90 Å². The Bertz CT molecular complexity index is 1280. The third-order valence-electron chi connectivity index (χ3n) is 5.38. The first-order valence-corrected chi connectivity index (χ1v) is 11.5. The van der Waals surface area contributed by atoms with Crippen LogP contribution < -0.4 is 0 Å². The maximum Gasteiger partial charge on any atom is 0.243 e. The van der Waals surface area contributed by atoms with E-state index in [-0.39, 0.29) is 0 Å². The zero-order valence-electron chi connectivity index (χ0n) is 17.3. The lowest BCUT2D eigenvalue weighted by Gasteiger charge is -2.25. The van der Waals surface area contributed by atoms with Crippen molar-refractivity contribution in [2.24, 2.45) is 0 Å². The van der Waals surface area contributed by atoms with E-state index in [9.17, 15) is 8.42 Å². The third-order valence-corrected chi connectivity index (χ3v) is 7.22. The molecule has 0 unspecified atom stereocenters. The van der Waals surface area contributed by atoms with Crippen LogP contribution in [0.15, 0.2) is 89.8 Å². The molecule has 0 saturated carbocycles. The van der Waals surface area contributed by atoms with E-state index in [1.165, 1.54) is 0 Å². The van der Waals surface area contributed by atoms with E-state index in [1.807, 2.05) is 73.6 Å². The molecule has 154 valence electrons. The Morgan fingerprint density at radius 3 is 2.13 bits per heavy atom. The summed E-state index contributed by atoms with van der Waals surface area (Å²) >= 11 is 0. The van der Waals surface area contributed by atoms with Crippen LogP contribution in [0, 0.1) is 0 Å². The highest BCUT2D eigenvalue weighted by Crippen LogP contribution is 2.25. The molecule has 4 rings (SSSR count). The van der Waals surface area contributed by atoms with Gasteiger partial charge in [0.1, 0.15) is 0 Å². The molecule has 0 heterocycles. The van der Waals surface area contributed by atoms with Crippen LogP contribution in [0.25, 0.3) is 21.5 Å². The van der Waals surface area contributed by atoms with E-state index in [0.717, 1.165) is 27.1 Å². The molecule has 0 aromatic heterocycles. The monoisotopic (exact) mass is 418 g/mol. The first-order valence-electron chi connectivity index (χ1n) is 10.1. The Morgan fingerprint density at radius 2 is 1.37 bits per heavy atom. The van der Waals surface area contributed by atoms with Gasteiger partial charge in [0, 0.05) is 19.6 Å². The second-order valence-corrected chi connectivity index (χ2v) is 9.73. The molecule has 0 amide bonds. The maximum atomic E-state index is 13.6. The van der Waals surface area contributed by atoms with Gasteiger partial charge in [-0.2, -0.15) is 4.31 Å². The Morgan fingerprint density at radius 1 is 0.700 bits per heavy atom. The first-order chi connectivity index (χ1) is 14.4. The van der Waals surface area contributed by atoms with Gasteiger partial charge in [0.25, 0.3) is 0 Å². The van der Waals surface area contributed by atoms with Gasteiger partial charge >= 0.3 is 0 Å². The van der Waals surface area contributed by atoms with Crippen LogP contribution in [0.4, 0.5) is 0 Å². The number of rotatable bonds is 7. The minimum absolute atomic E-state index is 0.334. The number of sulfonamides is 1. The SMILES string of the molecule is CN(C)CCN(Cc1cccc2ccccc12)S(=O)(=O)c1ccc2ccccc2c1. The summed E-state index contributed by atoms with van der Waals surface area (Å²) in [6.45, 7) is 1.41. The predicted octanol–water partition coefficient (Wildman–Crippen LogP) is 4.75. The van der Waals surface area contributed by atoms with Crippen molar-refractivity contribution in [3.63, 3.8) is 0 Å². The van der Waals surface area contributed by atoms with Crippen molar-refractivity contribution in [2.45, 2.75) is 11.4 Å². The Labute approximate surface area is 178 Å². The molecule has 4 aromatic rings. The average Bonchev–Trinajstić information content (AvgIpc) is 2.76. The highest BCUT2D eigenvalue weighted by molar-refractivity contribution is 7.89. The lowest BCUT2D eigenvalue weighted by atomic mass is 10.0. The molecule has 0 aliphatic carbocycles. The highest BCUT2D eigenvalue weighted by Gasteiger charge is 2.25. The Kier molecular flexibility index (Phi) is 5.86. The molecule has 0 aliphatic heterocycles. The lowest BCUT2D eigenvalue weighted by molar-refractivity contribution is 0.330. The molecule has 4 aromatic carbocycles. The topological polar surface area (TPSA) is 40.6 Å². The van der Waals surface area contributed by atoms with E-state index in [2.05, 4.69) is 18.2 Å². The third kappa shape index (κ3) is 4.24. The van der Waals surface area contributed by atoms with Gasteiger partial charge in [-0.1, -0.05) is 72.8 Å². The van der Waals surface area contributed by atoms with Crippen molar-refractivity contribution >= 4 is 31.6 Å². The number of likely N-dealkylation sites (N-methyl/N-ethyl adjacent to an activating group) is 1. The van der Waals surface area contributed by atoms with E-state index in [0.29, 0.717) is 24.5 Å². The van der Waals surface area contributed by atoms with E-state index >= 15 is 0 Å². The largest absolute Gasteiger partial charge is 0.308 e. The standard InChI is InChI=1S/C25H26N2O2S/c1-26(2)16-17-27(19-23-12-7-11-21-9-5-6-13-25(21)23)30(28,29)24-15-14-20-8-3-4-10-22(20)18-24/h3-15,18H,16-17,19H2,1-2H3. The van der Waals surface area contributed by atoms with Gasteiger partial charge in [-0.3, -0.25) is 0 Å². The smallest absolute Gasteiger partial charge is 0.243 e. The summed E-state index contributed by atoms with van der Waals surface area (Å²) in [7, 11) is 0.266. The molecule has 0 aliphatic rings. The van der Waals surface area contributed by atoms with E-state index in [4.69, 9.17) is 0 Å². The fourth-order valence-corrected chi connectivity index (χ4v) is 5.14. The van der Waals surface area contributed by atoms with Crippen LogP contribution in [0.3, 0.4) is 0 Å². The molecular weight excluding hydrogens is 392 g/mol. The number of fused-ring (bicyclic) bond motifs is 2. The lowest BCUT2D eigenvalue weighted by Crippen LogP contribution is -2.36. The van der Waals surface area contributed by atoms with Crippen LogP contribution >= 0.6 is 0 Å². The van der Waals surface area contributed by atoms with Gasteiger partial charge in [-0.05, 0) is 53.3 Å². The van der Waals surface area contributed by atoms with Gasteiger partial charge in [0.2, 0.25) is 10.0 Å². The zero-order valence-corrected chi connectivity index (χ0v) is 18.1. The molecule has 5 heteroatoms. The normalized spacial score (nSPS) is 12.3. The molecule has 0 fully saturated rings. The van der Waals surface area contributed by atoms with Gasteiger partial charge in [-0.25, -0.2) is 8.42 Å². The summed E-state index contributed by atoms with van der Waals surface area (Å²) in [5.41, 5.74) is 1.01. The number of hydrogen-bond acceptors (Lipinski definition) is 3. The van der Waals surface area contributed by atoms with Crippen molar-refractivity contribution in [2.75, 3.05) is 27.2 Å². The summed E-state index contributed by atoms with van der Waals surface area (Å²) in [4.78, 5) is 2.34. The Balaban J connectivity index is 1.74. The summed E-state index contributed by atoms with van der Waals surface area (Å²) < 4.78 is 28.9. The van der Waals surface area contributed by atoms with E-state index in [1.54, 1.807) is 16.4 Å². The minimum Gasteiger partial charge on any atom is -0.308 e. The van der Waals surface area contributed by atoms with Gasteiger partial charge < -0.3 is 4.90 Å². The number of hydrogen-bond donors (Lipinski definition) is 0. The maximum absolute atomic E-state index is 13.6. The van der Waals surface area contributed by atoms with Crippen molar-refractivity contribution in [1.29, 1.82) is 0 Å².